The van der Waals surface area contributed by atoms with Crippen molar-refractivity contribution in [1.82, 2.24) is 15.6 Å². The van der Waals surface area contributed by atoms with Gasteiger partial charge >= 0.3 is 6.61 Å². The van der Waals surface area contributed by atoms with Gasteiger partial charge in [0.15, 0.2) is 17.5 Å². The number of aliphatic imine (C=N–C) groups is 1. The minimum atomic E-state index is -2.92. The molecule has 0 aliphatic heterocycles. The lowest BCUT2D eigenvalue weighted by molar-refractivity contribution is -0.0512. The van der Waals surface area contributed by atoms with Crippen molar-refractivity contribution in [3.8, 4) is 11.5 Å². The Kier molecular flexibility index (Phi) is 7.64. The Hall–Kier alpha value is -3.36. The van der Waals surface area contributed by atoms with Gasteiger partial charge in [0.05, 0.1) is 7.11 Å². The van der Waals surface area contributed by atoms with Crippen LogP contribution in [0.25, 0.3) is 10.9 Å². The van der Waals surface area contributed by atoms with Gasteiger partial charge in [0.25, 0.3) is 0 Å². The van der Waals surface area contributed by atoms with Gasteiger partial charge in [-0.1, -0.05) is 6.07 Å². The number of ether oxygens (including phenoxy) is 2. The normalized spacial score (nSPS) is 11.7. The third-order valence-electron chi connectivity index (χ3n) is 4.79. The summed E-state index contributed by atoms with van der Waals surface area (Å²) in [6.45, 7) is -1.73. The number of nitrogens with one attached hydrogen (secondary N) is 3. The molecule has 166 valence electrons. The average Bonchev–Trinajstić information content (AvgIpc) is 3.14. The number of benzene rings is 2. The van der Waals surface area contributed by atoms with Crippen LogP contribution < -0.4 is 20.1 Å². The number of methoxy groups -OCH3 is 1. The van der Waals surface area contributed by atoms with Crippen molar-refractivity contribution in [3.63, 3.8) is 0 Å². The summed E-state index contributed by atoms with van der Waals surface area (Å²) in [5, 5.41) is 7.42. The number of fused-ring (bicyclic) bond motifs is 1. The molecule has 0 atom stereocenters. The van der Waals surface area contributed by atoms with Crippen LogP contribution in [-0.4, -0.2) is 44.8 Å². The third kappa shape index (κ3) is 6.07. The zero-order chi connectivity index (χ0) is 22.2. The largest absolute Gasteiger partial charge is 0.493 e. The third-order valence-corrected chi connectivity index (χ3v) is 4.79. The predicted octanol–water partition coefficient (Wildman–Crippen LogP) is 3.87. The van der Waals surface area contributed by atoms with E-state index in [0.717, 1.165) is 28.5 Å². The summed E-state index contributed by atoms with van der Waals surface area (Å²) in [4.78, 5) is 7.27. The van der Waals surface area contributed by atoms with Crippen molar-refractivity contribution in [2.75, 3.05) is 27.2 Å². The van der Waals surface area contributed by atoms with Crippen LogP contribution in [0.15, 0.2) is 47.6 Å². The molecule has 0 spiro atoms. The quantitative estimate of drug-likeness (QED) is 0.353. The molecule has 3 rings (SSSR count). The van der Waals surface area contributed by atoms with Crippen molar-refractivity contribution < 1.29 is 22.6 Å². The molecule has 31 heavy (non-hydrogen) atoms. The Balaban J connectivity index is 1.48. The number of aromatic amines is 1. The first kappa shape index (κ1) is 22.3. The number of aromatic nitrogens is 1. The fourth-order valence-electron chi connectivity index (χ4n) is 3.29. The van der Waals surface area contributed by atoms with E-state index in [-0.39, 0.29) is 17.3 Å². The minimum absolute atomic E-state index is 0.0103. The van der Waals surface area contributed by atoms with Crippen molar-refractivity contribution in [3.05, 3.63) is 59.5 Å². The molecule has 0 aliphatic carbocycles. The molecule has 3 aromatic rings. The smallest absolute Gasteiger partial charge is 0.387 e. The fourth-order valence-corrected chi connectivity index (χ4v) is 3.29. The second kappa shape index (κ2) is 10.6. The van der Waals surface area contributed by atoms with Gasteiger partial charge in [-0.05, 0) is 54.3 Å². The number of hydrogen-bond donors (Lipinski definition) is 3. The maximum atomic E-state index is 13.3. The monoisotopic (exact) mass is 434 g/mol. The highest BCUT2D eigenvalue weighted by Crippen LogP contribution is 2.29. The molecule has 1 heterocycles. The van der Waals surface area contributed by atoms with Gasteiger partial charge in [-0.2, -0.15) is 8.78 Å². The van der Waals surface area contributed by atoms with Gasteiger partial charge in [0, 0.05) is 37.2 Å². The number of guanidine groups is 1. The van der Waals surface area contributed by atoms with Crippen LogP contribution in [0.1, 0.15) is 11.1 Å². The first-order chi connectivity index (χ1) is 15.0. The first-order valence-electron chi connectivity index (χ1n) is 9.82. The molecule has 0 saturated carbocycles. The van der Waals surface area contributed by atoms with Crippen LogP contribution in [-0.2, 0) is 12.8 Å². The Morgan fingerprint density at radius 3 is 2.55 bits per heavy atom. The molecule has 6 nitrogen and oxygen atoms in total. The zero-order valence-electron chi connectivity index (χ0n) is 17.3. The van der Waals surface area contributed by atoms with E-state index in [1.807, 2.05) is 6.20 Å². The van der Waals surface area contributed by atoms with Crippen LogP contribution in [0.2, 0.25) is 0 Å². The molecule has 0 radical (unpaired) electrons. The maximum Gasteiger partial charge on any atom is 0.387 e. The van der Waals surface area contributed by atoms with Crippen molar-refractivity contribution >= 4 is 16.9 Å². The second-order valence-corrected chi connectivity index (χ2v) is 6.79. The van der Waals surface area contributed by atoms with Crippen LogP contribution in [0.4, 0.5) is 13.2 Å². The van der Waals surface area contributed by atoms with Crippen molar-refractivity contribution in [1.29, 1.82) is 0 Å². The van der Waals surface area contributed by atoms with Crippen LogP contribution in [0, 0.1) is 5.82 Å². The zero-order valence-corrected chi connectivity index (χ0v) is 17.3. The average molecular weight is 434 g/mol. The highest BCUT2D eigenvalue weighted by atomic mass is 19.3. The highest BCUT2D eigenvalue weighted by molar-refractivity contribution is 5.83. The highest BCUT2D eigenvalue weighted by Gasteiger charge is 2.11. The molecular weight excluding hydrogens is 409 g/mol. The summed E-state index contributed by atoms with van der Waals surface area (Å²) in [6.07, 6.45) is 3.20. The fraction of sp³-hybridized carbons (Fsp3) is 0.318. The number of halogens is 3. The number of nitrogens with zero attached hydrogens (tertiary/aromatic N) is 1. The van der Waals surface area contributed by atoms with E-state index >= 15 is 0 Å². The predicted molar refractivity (Wildman–Crippen MR) is 115 cm³/mol. The molecule has 0 fully saturated rings. The molecule has 0 saturated heterocycles. The van der Waals surface area contributed by atoms with Gasteiger partial charge in [-0.3, -0.25) is 4.99 Å². The van der Waals surface area contributed by atoms with Crippen LogP contribution in [0.5, 0.6) is 11.5 Å². The van der Waals surface area contributed by atoms with Crippen molar-refractivity contribution in [2.45, 2.75) is 19.5 Å². The van der Waals surface area contributed by atoms with Gasteiger partial charge in [0.1, 0.15) is 5.82 Å². The lowest BCUT2D eigenvalue weighted by Crippen LogP contribution is -2.39. The number of alkyl halides is 2. The molecule has 9 heteroatoms. The van der Waals surface area contributed by atoms with E-state index in [1.54, 1.807) is 31.3 Å². The van der Waals surface area contributed by atoms with E-state index in [4.69, 9.17) is 4.74 Å². The summed E-state index contributed by atoms with van der Waals surface area (Å²) < 4.78 is 48.0. The Morgan fingerprint density at radius 2 is 1.84 bits per heavy atom. The van der Waals surface area contributed by atoms with Crippen molar-refractivity contribution in [2.24, 2.45) is 4.99 Å². The molecule has 0 aliphatic rings. The van der Waals surface area contributed by atoms with Gasteiger partial charge in [-0.15, -0.1) is 0 Å². The Morgan fingerprint density at radius 1 is 1.06 bits per heavy atom. The first-order valence-corrected chi connectivity index (χ1v) is 9.82. The van der Waals surface area contributed by atoms with E-state index in [2.05, 4.69) is 25.3 Å². The Labute approximate surface area is 178 Å². The van der Waals surface area contributed by atoms with E-state index < -0.39 is 6.61 Å². The van der Waals surface area contributed by atoms with Crippen LogP contribution >= 0.6 is 0 Å². The summed E-state index contributed by atoms with van der Waals surface area (Å²) in [5.74, 6) is 0.627. The van der Waals surface area contributed by atoms with E-state index in [9.17, 15) is 13.2 Å². The Bertz CT molecular complexity index is 1040. The standard InChI is InChI=1S/C22H25F3N4O2/c1-26-22(28-10-8-15-13-29-18-12-16(23)4-5-17(15)18)27-9-7-14-3-6-19(30-2)20(11-14)31-21(24)25/h3-6,11-13,21,29H,7-10H2,1-2H3,(H2,26,27,28). The molecule has 3 N–H and O–H groups in total. The molecular formula is C22H25F3N4O2. The summed E-state index contributed by atoms with van der Waals surface area (Å²) in [5.41, 5.74) is 2.68. The topological polar surface area (TPSA) is 70.7 Å². The minimum Gasteiger partial charge on any atom is -0.493 e. The molecule has 1 aromatic heterocycles. The molecule has 0 amide bonds. The number of hydrogen-bond acceptors (Lipinski definition) is 3. The molecule has 0 unspecified atom stereocenters. The summed E-state index contributed by atoms with van der Waals surface area (Å²) in [7, 11) is 3.07. The molecule has 0 bridgehead atoms. The lowest BCUT2D eigenvalue weighted by atomic mass is 10.1. The number of rotatable bonds is 9. The van der Waals surface area contributed by atoms with E-state index in [0.29, 0.717) is 25.5 Å². The number of H-pyrrole nitrogens is 1. The summed E-state index contributed by atoms with van der Waals surface area (Å²) >= 11 is 0. The van der Waals surface area contributed by atoms with Gasteiger partial charge in [-0.25, -0.2) is 4.39 Å². The SMILES string of the molecule is CN=C(NCCc1ccc(OC)c(OC(F)F)c1)NCCc1c[nH]c2cc(F)ccc12. The molecule has 2 aromatic carbocycles. The van der Waals surface area contributed by atoms with Crippen LogP contribution in [0.3, 0.4) is 0 Å². The van der Waals surface area contributed by atoms with E-state index in [1.165, 1.54) is 19.2 Å². The van der Waals surface area contributed by atoms with Gasteiger partial charge < -0.3 is 25.1 Å². The lowest BCUT2D eigenvalue weighted by Gasteiger charge is -2.13. The summed E-state index contributed by atoms with van der Waals surface area (Å²) in [6, 6.07) is 9.64. The van der Waals surface area contributed by atoms with Gasteiger partial charge in [0.2, 0.25) is 0 Å². The second-order valence-electron chi connectivity index (χ2n) is 6.79. The maximum absolute atomic E-state index is 13.3.